The fraction of sp³-hybridized carbons (Fsp3) is 0.600. The summed E-state index contributed by atoms with van der Waals surface area (Å²) in [7, 11) is -3.56. The zero-order chi connectivity index (χ0) is 14.6. The van der Waals surface area contributed by atoms with Crippen molar-refractivity contribution in [3.05, 3.63) is 29.8 Å². The van der Waals surface area contributed by atoms with Gasteiger partial charge in [0.2, 0.25) is 10.0 Å². The molecule has 1 saturated carbocycles. The van der Waals surface area contributed by atoms with Crippen LogP contribution in [0.4, 0.5) is 0 Å². The van der Waals surface area contributed by atoms with E-state index in [1.165, 1.54) is 6.42 Å². The third-order valence-corrected chi connectivity index (χ3v) is 5.76. The molecule has 1 aromatic carbocycles. The molecular weight excluding hydrogens is 274 g/mol. The highest BCUT2D eigenvalue weighted by Gasteiger charge is 2.29. The van der Waals surface area contributed by atoms with E-state index in [9.17, 15) is 13.5 Å². The first-order valence-electron chi connectivity index (χ1n) is 7.29. The Balaban J connectivity index is 2.22. The minimum absolute atomic E-state index is 0.0190. The fourth-order valence-electron chi connectivity index (χ4n) is 3.01. The quantitative estimate of drug-likeness (QED) is 0.877. The van der Waals surface area contributed by atoms with Gasteiger partial charge >= 0.3 is 0 Å². The molecule has 1 aliphatic carbocycles. The van der Waals surface area contributed by atoms with Crippen molar-refractivity contribution >= 4 is 10.0 Å². The Hall–Kier alpha value is -0.910. The van der Waals surface area contributed by atoms with Crippen LogP contribution in [0.15, 0.2) is 29.2 Å². The van der Waals surface area contributed by atoms with E-state index in [-0.39, 0.29) is 17.5 Å². The topological polar surface area (TPSA) is 66.4 Å². The molecule has 0 bridgehead atoms. The lowest BCUT2D eigenvalue weighted by Crippen LogP contribution is -2.42. The van der Waals surface area contributed by atoms with E-state index in [2.05, 4.69) is 11.6 Å². The second-order valence-corrected chi connectivity index (χ2v) is 7.13. The molecule has 2 unspecified atom stereocenters. The van der Waals surface area contributed by atoms with Gasteiger partial charge < -0.3 is 5.11 Å². The molecule has 1 fully saturated rings. The Bertz CT molecular complexity index is 542. The van der Waals surface area contributed by atoms with Crippen LogP contribution in [-0.4, -0.2) is 19.6 Å². The number of benzene rings is 1. The monoisotopic (exact) mass is 297 g/mol. The molecule has 0 radical (unpaired) electrons. The van der Waals surface area contributed by atoms with Crippen LogP contribution in [0.2, 0.25) is 0 Å². The molecule has 2 rings (SSSR count). The molecule has 0 heterocycles. The largest absolute Gasteiger partial charge is 0.392 e. The zero-order valence-corrected chi connectivity index (χ0v) is 12.7. The van der Waals surface area contributed by atoms with E-state index in [0.29, 0.717) is 11.5 Å². The highest BCUT2D eigenvalue weighted by molar-refractivity contribution is 7.89. The second kappa shape index (κ2) is 6.70. The van der Waals surface area contributed by atoms with Crippen LogP contribution in [0.25, 0.3) is 0 Å². The zero-order valence-electron chi connectivity index (χ0n) is 11.9. The van der Waals surface area contributed by atoms with Gasteiger partial charge in [-0.2, -0.15) is 0 Å². The van der Waals surface area contributed by atoms with Crippen molar-refractivity contribution in [3.63, 3.8) is 0 Å². The molecule has 0 saturated heterocycles. The number of aliphatic hydroxyl groups excluding tert-OH is 1. The smallest absolute Gasteiger partial charge is 0.241 e. The average molecular weight is 297 g/mol. The number of hydrogen-bond donors (Lipinski definition) is 2. The molecule has 5 heteroatoms. The van der Waals surface area contributed by atoms with Crippen molar-refractivity contribution in [2.45, 2.75) is 56.6 Å². The lowest BCUT2D eigenvalue weighted by molar-refractivity contribution is 0.276. The maximum Gasteiger partial charge on any atom is 0.241 e. The third kappa shape index (κ3) is 3.40. The van der Waals surface area contributed by atoms with Gasteiger partial charge in [-0.3, -0.25) is 0 Å². The van der Waals surface area contributed by atoms with Gasteiger partial charge in [0.15, 0.2) is 0 Å². The van der Waals surface area contributed by atoms with Gasteiger partial charge in [0.05, 0.1) is 11.5 Å². The molecular formula is C15H23NO3S. The van der Waals surface area contributed by atoms with Crippen molar-refractivity contribution in [2.75, 3.05) is 0 Å². The molecule has 2 atom stereocenters. The summed E-state index contributed by atoms with van der Waals surface area (Å²) in [6, 6.07) is 6.64. The maximum absolute atomic E-state index is 12.5. The van der Waals surface area contributed by atoms with E-state index in [1.54, 1.807) is 24.3 Å². The summed E-state index contributed by atoms with van der Waals surface area (Å²) in [5, 5.41) is 9.29. The molecule has 0 spiro atoms. The Morgan fingerprint density at radius 1 is 1.25 bits per heavy atom. The Morgan fingerprint density at radius 3 is 2.65 bits per heavy atom. The van der Waals surface area contributed by atoms with Crippen molar-refractivity contribution < 1.29 is 13.5 Å². The minimum atomic E-state index is -3.56. The van der Waals surface area contributed by atoms with E-state index >= 15 is 0 Å². The molecule has 0 aromatic heterocycles. The van der Waals surface area contributed by atoms with Crippen LogP contribution >= 0.6 is 0 Å². The number of rotatable bonds is 5. The predicted molar refractivity (Wildman–Crippen MR) is 78.7 cm³/mol. The number of sulfonamides is 1. The SMILES string of the molecule is CCC1CCCCC1NS(=O)(=O)c1ccccc1CO. The Labute approximate surface area is 121 Å². The first-order chi connectivity index (χ1) is 9.58. The van der Waals surface area contributed by atoms with Crippen LogP contribution in [-0.2, 0) is 16.6 Å². The van der Waals surface area contributed by atoms with Gasteiger partial charge in [0.25, 0.3) is 0 Å². The lowest BCUT2D eigenvalue weighted by atomic mass is 9.83. The standard InChI is InChI=1S/C15H23NO3S/c1-2-12-7-3-5-9-14(12)16-20(18,19)15-10-6-4-8-13(15)11-17/h4,6,8,10,12,14,16-17H,2-3,5,7,9,11H2,1H3. The van der Waals surface area contributed by atoms with Gasteiger partial charge in [-0.25, -0.2) is 13.1 Å². The summed E-state index contributed by atoms with van der Waals surface area (Å²) in [5.41, 5.74) is 0.448. The fourth-order valence-corrected chi connectivity index (χ4v) is 4.58. The first-order valence-corrected chi connectivity index (χ1v) is 8.78. The summed E-state index contributed by atoms with van der Waals surface area (Å²) in [4.78, 5) is 0.197. The van der Waals surface area contributed by atoms with Crippen molar-refractivity contribution in [1.29, 1.82) is 0 Å². The number of nitrogens with one attached hydrogen (secondary N) is 1. The maximum atomic E-state index is 12.5. The molecule has 1 aromatic rings. The van der Waals surface area contributed by atoms with Crippen LogP contribution in [0.1, 0.15) is 44.6 Å². The number of aliphatic hydroxyl groups is 1. The second-order valence-electron chi connectivity index (χ2n) is 5.45. The van der Waals surface area contributed by atoms with Crippen LogP contribution in [0, 0.1) is 5.92 Å². The summed E-state index contributed by atoms with van der Waals surface area (Å²) < 4.78 is 27.9. The molecule has 2 N–H and O–H groups in total. The average Bonchev–Trinajstić information content (AvgIpc) is 2.47. The predicted octanol–water partition coefficient (Wildman–Crippen LogP) is 2.43. The highest BCUT2D eigenvalue weighted by Crippen LogP contribution is 2.28. The first kappa shape index (κ1) is 15.5. The van der Waals surface area contributed by atoms with Crippen LogP contribution < -0.4 is 4.72 Å². The van der Waals surface area contributed by atoms with Crippen molar-refractivity contribution in [1.82, 2.24) is 4.72 Å². The van der Waals surface area contributed by atoms with Crippen LogP contribution in [0.3, 0.4) is 0 Å². The van der Waals surface area contributed by atoms with E-state index < -0.39 is 10.0 Å². The molecule has 4 nitrogen and oxygen atoms in total. The van der Waals surface area contributed by atoms with Crippen LogP contribution in [0.5, 0.6) is 0 Å². The van der Waals surface area contributed by atoms with E-state index in [4.69, 9.17) is 0 Å². The highest BCUT2D eigenvalue weighted by atomic mass is 32.2. The van der Waals surface area contributed by atoms with Gasteiger partial charge in [-0.15, -0.1) is 0 Å². The Morgan fingerprint density at radius 2 is 1.95 bits per heavy atom. The van der Waals surface area contributed by atoms with Gasteiger partial charge in [0.1, 0.15) is 0 Å². The molecule has 1 aliphatic rings. The van der Waals surface area contributed by atoms with Gasteiger partial charge in [-0.05, 0) is 30.4 Å². The van der Waals surface area contributed by atoms with Gasteiger partial charge in [0, 0.05) is 6.04 Å². The van der Waals surface area contributed by atoms with E-state index in [1.807, 2.05) is 0 Å². The molecule has 112 valence electrons. The Kier molecular flexibility index (Phi) is 5.18. The van der Waals surface area contributed by atoms with E-state index in [0.717, 1.165) is 25.7 Å². The number of hydrogen-bond acceptors (Lipinski definition) is 3. The lowest BCUT2D eigenvalue weighted by Gasteiger charge is -2.31. The molecule has 0 aliphatic heterocycles. The molecule has 20 heavy (non-hydrogen) atoms. The third-order valence-electron chi connectivity index (χ3n) is 4.17. The van der Waals surface area contributed by atoms with Gasteiger partial charge in [-0.1, -0.05) is 44.4 Å². The summed E-state index contributed by atoms with van der Waals surface area (Å²) in [6.45, 7) is 1.85. The summed E-state index contributed by atoms with van der Waals surface area (Å²) in [6.07, 6.45) is 5.24. The summed E-state index contributed by atoms with van der Waals surface area (Å²) >= 11 is 0. The molecule has 0 amide bonds. The van der Waals surface area contributed by atoms with Crippen molar-refractivity contribution in [3.8, 4) is 0 Å². The normalized spacial score (nSPS) is 23.7. The minimum Gasteiger partial charge on any atom is -0.392 e. The van der Waals surface area contributed by atoms with Crippen molar-refractivity contribution in [2.24, 2.45) is 5.92 Å². The summed E-state index contributed by atoms with van der Waals surface area (Å²) in [5.74, 6) is 0.416.